The Kier molecular flexibility index (Phi) is 2.82. The normalized spacial score (nSPS) is 10.4. The van der Waals surface area contributed by atoms with Crippen LogP contribution >= 0.6 is 11.6 Å². The van der Waals surface area contributed by atoms with Gasteiger partial charge in [0.05, 0.1) is 10.7 Å². The molecule has 1 rings (SSSR count). The van der Waals surface area contributed by atoms with Crippen molar-refractivity contribution in [2.24, 2.45) is 0 Å². The Hall–Kier alpha value is -1.35. The summed E-state index contributed by atoms with van der Waals surface area (Å²) in [4.78, 5) is 14.0. The molecule has 0 atom stereocenters. The number of carbonyl (C=O) groups is 1. The van der Waals surface area contributed by atoms with Crippen molar-refractivity contribution >= 4 is 23.6 Å². The number of carboxylic acids is 1. The predicted molar refractivity (Wildman–Crippen MR) is 45.9 cm³/mol. The maximum atomic E-state index is 10.1. The van der Waals surface area contributed by atoms with Crippen molar-refractivity contribution in [2.45, 2.75) is 0 Å². The molecular formula is C8H6ClNO2. The number of rotatable bonds is 2. The number of aromatic nitrogens is 1. The number of carboxylic acid groups (broad SMARTS) is 1. The van der Waals surface area contributed by atoms with Gasteiger partial charge in [-0.2, -0.15) is 0 Å². The van der Waals surface area contributed by atoms with E-state index in [1.807, 2.05) is 0 Å². The van der Waals surface area contributed by atoms with E-state index in [1.54, 1.807) is 12.1 Å². The lowest BCUT2D eigenvalue weighted by Crippen LogP contribution is -1.86. The van der Waals surface area contributed by atoms with E-state index in [0.29, 0.717) is 10.7 Å². The van der Waals surface area contributed by atoms with Gasteiger partial charge in [-0.05, 0) is 18.2 Å². The Bertz CT molecular complexity index is 305. The van der Waals surface area contributed by atoms with E-state index < -0.39 is 5.97 Å². The number of pyridine rings is 1. The lowest BCUT2D eigenvalue weighted by atomic mass is 10.3. The monoisotopic (exact) mass is 183 g/mol. The smallest absolute Gasteiger partial charge is 0.328 e. The standard InChI is InChI=1S/C8H6ClNO2/c9-6-1-2-7(10-5-6)3-4-8(11)12/h1-5H,(H,11,12)/b4-3+. The second-order valence-corrected chi connectivity index (χ2v) is 2.51. The third-order valence-corrected chi connectivity index (χ3v) is 1.37. The zero-order valence-electron chi connectivity index (χ0n) is 6.07. The SMILES string of the molecule is O=C(O)/C=C/c1ccc(Cl)cn1. The Morgan fingerprint density at radius 3 is 2.83 bits per heavy atom. The van der Waals surface area contributed by atoms with Gasteiger partial charge in [0.15, 0.2) is 0 Å². The summed E-state index contributed by atoms with van der Waals surface area (Å²) in [5.41, 5.74) is 0.571. The molecule has 0 fully saturated rings. The van der Waals surface area contributed by atoms with Gasteiger partial charge >= 0.3 is 5.97 Å². The highest BCUT2D eigenvalue weighted by atomic mass is 35.5. The number of nitrogens with zero attached hydrogens (tertiary/aromatic N) is 1. The molecule has 1 heterocycles. The first-order valence-electron chi connectivity index (χ1n) is 3.21. The van der Waals surface area contributed by atoms with E-state index in [2.05, 4.69) is 4.98 Å². The van der Waals surface area contributed by atoms with Crippen molar-refractivity contribution in [3.05, 3.63) is 35.1 Å². The maximum Gasteiger partial charge on any atom is 0.328 e. The molecule has 0 bridgehead atoms. The minimum absolute atomic E-state index is 0.530. The first-order valence-corrected chi connectivity index (χ1v) is 3.59. The van der Waals surface area contributed by atoms with Crippen molar-refractivity contribution in [1.82, 2.24) is 4.98 Å². The Morgan fingerprint density at radius 1 is 1.58 bits per heavy atom. The molecule has 4 heteroatoms. The molecule has 0 amide bonds. The lowest BCUT2D eigenvalue weighted by molar-refractivity contribution is -0.131. The minimum atomic E-state index is -0.994. The zero-order chi connectivity index (χ0) is 8.97. The van der Waals surface area contributed by atoms with E-state index in [4.69, 9.17) is 16.7 Å². The summed E-state index contributed by atoms with van der Waals surface area (Å²) >= 11 is 5.57. The fourth-order valence-corrected chi connectivity index (χ4v) is 0.754. The number of hydrogen-bond acceptors (Lipinski definition) is 2. The largest absolute Gasteiger partial charge is 0.478 e. The second kappa shape index (κ2) is 3.88. The molecule has 0 aliphatic carbocycles. The molecule has 1 aromatic heterocycles. The van der Waals surface area contributed by atoms with Crippen LogP contribution in [0.2, 0.25) is 5.02 Å². The Morgan fingerprint density at radius 2 is 2.33 bits per heavy atom. The van der Waals surface area contributed by atoms with Crippen molar-refractivity contribution in [1.29, 1.82) is 0 Å². The van der Waals surface area contributed by atoms with Crippen LogP contribution in [0.3, 0.4) is 0 Å². The molecule has 0 aliphatic heterocycles. The molecule has 0 spiro atoms. The zero-order valence-corrected chi connectivity index (χ0v) is 6.82. The summed E-state index contributed by atoms with van der Waals surface area (Å²) in [6, 6.07) is 3.29. The van der Waals surface area contributed by atoms with Gasteiger partial charge in [-0.15, -0.1) is 0 Å². The summed E-state index contributed by atoms with van der Waals surface area (Å²) in [5, 5.41) is 8.82. The average Bonchev–Trinajstić information content (AvgIpc) is 2.03. The van der Waals surface area contributed by atoms with Gasteiger partial charge in [-0.1, -0.05) is 11.6 Å². The van der Waals surface area contributed by atoms with Crippen LogP contribution in [0.15, 0.2) is 24.4 Å². The van der Waals surface area contributed by atoms with Gasteiger partial charge in [0.1, 0.15) is 0 Å². The number of halogens is 1. The molecule has 62 valence electrons. The van der Waals surface area contributed by atoms with Crippen LogP contribution in [-0.4, -0.2) is 16.1 Å². The summed E-state index contributed by atoms with van der Waals surface area (Å²) in [5.74, 6) is -0.994. The molecule has 1 aromatic rings. The molecule has 0 saturated carbocycles. The predicted octanol–water partition coefficient (Wildman–Crippen LogP) is 1.83. The quantitative estimate of drug-likeness (QED) is 0.712. The maximum absolute atomic E-state index is 10.1. The van der Waals surface area contributed by atoms with Crippen LogP contribution in [0.5, 0.6) is 0 Å². The second-order valence-electron chi connectivity index (χ2n) is 2.07. The van der Waals surface area contributed by atoms with E-state index in [0.717, 1.165) is 6.08 Å². The summed E-state index contributed by atoms with van der Waals surface area (Å²) < 4.78 is 0. The fraction of sp³-hybridized carbons (Fsp3) is 0. The molecule has 0 radical (unpaired) electrons. The number of hydrogen-bond donors (Lipinski definition) is 1. The van der Waals surface area contributed by atoms with E-state index in [1.165, 1.54) is 12.3 Å². The van der Waals surface area contributed by atoms with Crippen LogP contribution in [0.1, 0.15) is 5.69 Å². The topological polar surface area (TPSA) is 50.2 Å². The fourth-order valence-electron chi connectivity index (χ4n) is 0.643. The highest BCUT2D eigenvalue weighted by Gasteiger charge is 1.90. The molecule has 12 heavy (non-hydrogen) atoms. The van der Waals surface area contributed by atoms with Crippen molar-refractivity contribution in [3.8, 4) is 0 Å². The van der Waals surface area contributed by atoms with E-state index in [9.17, 15) is 4.79 Å². The molecule has 0 saturated heterocycles. The van der Waals surface area contributed by atoms with E-state index >= 15 is 0 Å². The Labute approximate surface area is 74.3 Å². The average molecular weight is 184 g/mol. The third-order valence-electron chi connectivity index (χ3n) is 1.15. The molecule has 0 aliphatic rings. The van der Waals surface area contributed by atoms with Crippen molar-refractivity contribution < 1.29 is 9.90 Å². The Balaban J connectivity index is 2.77. The van der Waals surface area contributed by atoms with Crippen molar-refractivity contribution in [2.75, 3.05) is 0 Å². The molecule has 3 nitrogen and oxygen atoms in total. The highest BCUT2D eigenvalue weighted by molar-refractivity contribution is 6.30. The molecular weight excluding hydrogens is 178 g/mol. The highest BCUT2D eigenvalue weighted by Crippen LogP contribution is 2.06. The number of aliphatic carboxylic acids is 1. The molecule has 0 aromatic carbocycles. The van der Waals surface area contributed by atoms with Gasteiger partial charge < -0.3 is 5.11 Å². The van der Waals surface area contributed by atoms with Gasteiger partial charge in [0, 0.05) is 12.3 Å². The van der Waals surface area contributed by atoms with Crippen LogP contribution < -0.4 is 0 Å². The van der Waals surface area contributed by atoms with Gasteiger partial charge in [0.2, 0.25) is 0 Å². The van der Waals surface area contributed by atoms with Crippen molar-refractivity contribution in [3.63, 3.8) is 0 Å². The van der Waals surface area contributed by atoms with Gasteiger partial charge in [-0.25, -0.2) is 4.79 Å². The summed E-state index contributed by atoms with van der Waals surface area (Å²) in [7, 11) is 0. The van der Waals surface area contributed by atoms with Crippen LogP contribution in [0.4, 0.5) is 0 Å². The lowest BCUT2D eigenvalue weighted by Gasteiger charge is -1.90. The first-order chi connectivity index (χ1) is 5.68. The summed E-state index contributed by atoms with van der Waals surface area (Å²) in [6.07, 6.45) is 3.89. The van der Waals surface area contributed by atoms with Crippen LogP contribution in [-0.2, 0) is 4.79 Å². The molecule has 1 N–H and O–H groups in total. The molecule has 0 unspecified atom stereocenters. The van der Waals surface area contributed by atoms with Gasteiger partial charge in [-0.3, -0.25) is 4.98 Å². The summed E-state index contributed by atoms with van der Waals surface area (Å²) in [6.45, 7) is 0. The third kappa shape index (κ3) is 2.72. The van der Waals surface area contributed by atoms with Crippen LogP contribution in [0, 0.1) is 0 Å². The van der Waals surface area contributed by atoms with E-state index in [-0.39, 0.29) is 0 Å². The van der Waals surface area contributed by atoms with Crippen LogP contribution in [0.25, 0.3) is 6.08 Å². The van der Waals surface area contributed by atoms with Gasteiger partial charge in [0.25, 0.3) is 0 Å². The first kappa shape index (κ1) is 8.74. The minimum Gasteiger partial charge on any atom is -0.478 e.